The van der Waals surface area contributed by atoms with Gasteiger partial charge in [-0.2, -0.15) is 0 Å². The summed E-state index contributed by atoms with van der Waals surface area (Å²) in [6, 6.07) is 1.30. The van der Waals surface area contributed by atoms with Crippen molar-refractivity contribution in [2.24, 2.45) is 10.9 Å². The maximum absolute atomic E-state index is 4.87. The summed E-state index contributed by atoms with van der Waals surface area (Å²) >= 11 is 0. The third kappa shape index (κ3) is 7.59. The predicted molar refractivity (Wildman–Crippen MR) is 119 cm³/mol. The standard InChI is InChI=1S/C19H39N5.HI/c1-5-20-19(21-13-17-9-7-11-23(17)6-2)22-14-18-10-8-12-24(18)15-16(3)4;/h16-18H,5-15H2,1-4H3,(H2,20,21,22);1H/t17?,18-;/m1./s1. The highest BCUT2D eigenvalue weighted by Gasteiger charge is 2.25. The predicted octanol–water partition coefficient (Wildman–Crippen LogP) is 2.76. The quantitative estimate of drug-likeness (QED) is 0.329. The van der Waals surface area contributed by atoms with Crippen molar-refractivity contribution in [1.82, 2.24) is 20.4 Å². The molecule has 0 aromatic heterocycles. The second-order valence-electron chi connectivity index (χ2n) is 7.71. The summed E-state index contributed by atoms with van der Waals surface area (Å²) < 4.78 is 0. The highest BCUT2D eigenvalue weighted by atomic mass is 127. The van der Waals surface area contributed by atoms with Gasteiger partial charge in [0.15, 0.2) is 5.96 Å². The molecule has 0 bridgehead atoms. The van der Waals surface area contributed by atoms with Gasteiger partial charge in [-0.1, -0.05) is 20.8 Å². The Bertz CT molecular complexity index is 388. The molecular formula is C19H40IN5. The molecule has 1 unspecified atom stereocenters. The molecule has 2 atom stereocenters. The Balaban J connectivity index is 0.00000312. The van der Waals surface area contributed by atoms with Crippen molar-refractivity contribution in [2.45, 2.75) is 65.5 Å². The number of rotatable bonds is 8. The molecule has 2 saturated heterocycles. The first kappa shape index (κ1) is 23.0. The fourth-order valence-electron chi connectivity index (χ4n) is 4.11. The van der Waals surface area contributed by atoms with Crippen LogP contribution in [0.25, 0.3) is 0 Å². The summed E-state index contributed by atoms with van der Waals surface area (Å²) in [7, 11) is 0. The van der Waals surface area contributed by atoms with E-state index >= 15 is 0 Å². The summed E-state index contributed by atoms with van der Waals surface area (Å²) in [4.78, 5) is 10.1. The first-order valence-corrected chi connectivity index (χ1v) is 10.1. The van der Waals surface area contributed by atoms with Crippen molar-refractivity contribution in [3.63, 3.8) is 0 Å². The normalized spacial score (nSPS) is 25.4. The van der Waals surface area contributed by atoms with Crippen LogP contribution in [0.3, 0.4) is 0 Å². The molecule has 148 valence electrons. The van der Waals surface area contributed by atoms with Gasteiger partial charge < -0.3 is 10.6 Å². The fraction of sp³-hybridized carbons (Fsp3) is 0.947. The van der Waals surface area contributed by atoms with Crippen LogP contribution in [0.2, 0.25) is 0 Å². The number of guanidine groups is 1. The van der Waals surface area contributed by atoms with Gasteiger partial charge in [0.05, 0.1) is 6.54 Å². The van der Waals surface area contributed by atoms with E-state index in [1.54, 1.807) is 0 Å². The monoisotopic (exact) mass is 465 g/mol. The Morgan fingerprint density at radius 1 is 1.04 bits per heavy atom. The molecule has 0 radical (unpaired) electrons. The van der Waals surface area contributed by atoms with E-state index in [0.717, 1.165) is 38.1 Å². The molecule has 6 heteroatoms. The number of aliphatic imine (C=N–C) groups is 1. The van der Waals surface area contributed by atoms with Gasteiger partial charge in [-0.25, -0.2) is 0 Å². The third-order valence-corrected chi connectivity index (χ3v) is 5.31. The molecule has 2 aliphatic rings. The molecule has 2 aliphatic heterocycles. The zero-order valence-electron chi connectivity index (χ0n) is 16.8. The molecule has 0 saturated carbocycles. The van der Waals surface area contributed by atoms with Crippen LogP contribution in [-0.4, -0.2) is 73.7 Å². The number of nitrogens with one attached hydrogen (secondary N) is 2. The van der Waals surface area contributed by atoms with E-state index in [1.165, 1.54) is 45.3 Å². The highest BCUT2D eigenvalue weighted by molar-refractivity contribution is 14.0. The number of halogens is 1. The maximum Gasteiger partial charge on any atom is 0.191 e. The van der Waals surface area contributed by atoms with Gasteiger partial charge in [0.2, 0.25) is 0 Å². The lowest BCUT2D eigenvalue weighted by Crippen LogP contribution is -2.46. The van der Waals surface area contributed by atoms with E-state index in [2.05, 4.69) is 48.1 Å². The second kappa shape index (κ2) is 12.3. The Hall–Kier alpha value is -0.0800. The summed E-state index contributed by atoms with van der Waals surface area (Å²) in [6.07, 6.45) is 5.26. The first-order valence-electron chi connectivity index (χ1n) is 10.1. The molecule has 25 heavy (non-hydrogen) atoms. The van der Waals surface area contributed by atoms with Crippen LogP contribution in [0.5, 0.6) is 0 Å². The summed E-state index contributed by atoms with van der Waals surface area (Å²) in [5.74, 6) is 1.74. The summed E-state index contributed by atoms with van der Waals surface area (Å²) in [6.45, 7) is 16.8. The molecule has 5 nitrogen and oxygen atoms in total. The Labute approximate surface area is 172 Å². The number of likely N-dealkylation sites (N-methyl/N-ethyl adjacent to an activating group) is 1. The van der Waals surface area contributed by atoms with Crippen LogP contribution in [0.15, 0.2) is 4.99 Å². The van der Waals surface area contributed by atoms with E-state index in [0.29, 0.717) is 12.1 Å². The summed E-state index contributed by atoms with van der Waals surface area (Å²) in [5, 5.41) is 7.02. The molecule has 0 aromatic rings. The van der Waals surface area contributed by atoms with Crippen molar-refractivity contribution < 1.29 is 0 Å². The van der Waals surface area contributed by atoms with Crippen molar-refractivity contribution in [3.05, 3.63) is 0 Å². The Kier molecular flexibility index (Phi) is 11.3. The minimum atomic E-state index is 0. The van der Waals surface area contributed by atoms with Gasteiger partial charge in [-0.3, -0.25) is 14.8 Å². The topological polar surface area (TPSA) is 42.9 Å². The van der Waals surface area contributed by atoms with Crippen LogP contribution in [-0.2, 0) is 0 Å². The van der Waals surface area contributed by atoms with E-state index in [-0.39, 0.29) is 24.0 Å². The molecule has 2 heterocycles. The first-order chi connectivity index (χ1) is 11.6. The van der Waals surface area contributed by atoms with Gasteiger partial charge in [0.1, 0.15) is 0 Å². The average Bonchev–Trinajstić information content (AvgIpc) is 3.18. The average molecular weight is 465 g/mol. The minimum Gasteiger partial charge on any atom is -0.357 e. The van der Waals surface area contributed by atoms with E-state index < -0.39 is 0 Å². The van der Waals surface area contributed by atoms with Gasteiger partial charge >= 0.3 is 0 Å². The molecule has 2 rings (SSSR count). The van der Waals surface area contributed by atoms with Gasteiger partial charge in [0.25, 0.3) is 0 Å². The molecule has 2 fully saturated rings. The SMILES string of the molecule is CCNC(=NCC1CCCN1CC)NC[C@H]1CCCN1CC(C)C.I. The number of hydrogen-bond acceptors (Lipinski definition) is 3. The lowest BCUT2D eigenvalue weighted by molar-refractivity contribution is 0.226. The number of nitrogens with zero attached hydrogens (tertiary/aromatic N) is 3. The largest absolute Gasteiger partial charge is 0.357 e. The summed E-state index contributed by atoms with van der Waals surface area (Å²) in [5.41, 5.74) is 0. The van der Waals surface area contributed by atoms with Crippen LogP contribution >= 0.6 is 24.0 Å². The number of likely N-dealkylation sites (tertiary alicyclic amines) is 2. The maximum atomic E-state index is 4.87. The van der Waals surface area contributed by atoms with Gasteiger partial charge in [-0.15, -0.1) is 24.0 Å². The highest BCUT2D eigenvalue weighted by Crippen LogP contribution is 2.18. The lowest BCUT2D eigenvalue weighted by Gasteiger charge is -2.27. The van der Waals surface area contributed by atoms with Crippen LogP contribution < -0.4 is 10.6 Å². The van der Waals surface area contributed by atoms with E-state index in [1.807, 2.05) is 0 Å². The fourth-order valence-corrected chi connectivity index (χ4v) is 4.11. The van der Waals surface area contributed by atoms with E-state index in [9.17, 15) is 0 Å². The van der Waals surface area contributed by atoms with Crippen molar-refractivity contribution in [1.29, 1.82) is 0 Å². The smallest absolute Gasteiger partial charge is 0.191 e. The van der Waals surface area contributed by atoms with Crippen molar-refractivity contribution in [3.8, 4) is 0 Å². The van der Waals surface area contributed by atoms with Gasteiger partial charge in [0, 0.05) is 31.7 Å². The zero-order valence-corrected chi connectivity index (χ0v) is 19.1. The second-order valence-corrected chi connectivity index (χ2v) is 7.71. The van der Waals surface area contributed by atoms with E-state index in [4.69, 9.17) is 4.99 Å². The molecule has 0 spiro atoms. The minimum absolute atomic E-state index is 0. The molecule has 0 aromatic carbocycles. The molecule has 2 N–H and O–H groups in total. The van der Waals surface area contributed by atoms with Crippen LogP contribution in [0, 0.1) is 5.92 Å². The molecule has 0 aliphatic carbocycles. The van der Waals surface area contributed by atoms with Crippen molar-refractivity contribution >= 4 is 29.9 Å². The van der Waals surface area contributed by atoms with Crippen LogP contribution in [0.1, 0.15) is 53.4 Å². The molecular weight excluding hydrogens is 425 g/mol. The molecule has 0 amide bonds. The van der Waals surface area contributed by atoms with Gasteiger partial charge in [-0.05, 0) is 58.2 Å². The van der Waals surface area contributed by atoms with Crippen molar-refractivity contribution in [2.75, 3.05) is 45.8 Å². The Morgan fingerprint density at radius 3 is 2.36 bits per heavy atom. The zero-order chi connectivity index (χ0) is 17.4. The van der Waals surface area contributed by atoms with Crippen LogP contribution in [0.4, 0.5) is 0 Å². The number of hydrogen-bond donors (Lipinski definition) is 2. The lowest BCUT2D eigenvalue weighted by atomic mass is 10.1. The third-order valence-electron chi connectivity index (χ3n) is 5.31. The Morgan fingerprint density at radius 2 is 1.72 bits per heavy atom.